The average Bonchev–Trinajstić information content (AvgIpc) is 3.15. The van der Waals surface area contributed by atoms with Gasteiger partial charge < -0.3 is 14.5 Å². The zero-order valence-corrected chi connectivity index (χ0v) is 14.3. The highest BCUT2D eigenvalue weighted by molar-refractivity contribution is 5.99. The Morgan fingerprint density at radius 2 is 1.83 bits per heavy atom. The van der Waals surface area contributed by atoms with Gasteiger partial charge in [0.2, 0.25) is 6.29 Å². The summed E-state index contributed by atoms with van der Waals surface area (Å²) in [4.78, 5) is 3.59. The molecule has 2 aromatic carbocycles. The first kappa shape index (κ1) is 15.1. The van der Waals surface area contributed by atoms with Gasteiger partial charge in [0.1, 0.15) is 0 Å². The molecule has 1 aliphatic heterocycles. The van der Waals surface area contributed by atoms with Crippen LogP contribution in [0.5, 0.6) is 11.5 Å². The molecule has 124 valence electrons. The summed E-state index contributed by atoms with van der Waals surface area (Å²) < 4.78 is 12.1. The van der Waals surface area contributed by atoms with Crippen LogP contribution in [0.2, 0.25) is 0 Å². The van der Waals surface area contributed by atoms with Crippen LogP contribution in [0.15, 0.2) is 42.5 Å². The molecule has 1 aliphatic rings. The van der Waals surface area contributed by atoms with Crippen LogP contribution in [-0.4, -0.2) is 11.3 Å². The van der Waals surface area contributed by atoms with E-state index in [0.29, 0.717) is 0 Å². The molecule has 0 saturated heterocycles. The summed E-state index contributed by atoms with van der Waals surface area (Å²) in [7, 11) is 0. The number of nitrogens with one attached hydrogen (secondary N) is 1. The van der Waals surface area contributed by atoms with Crippen LogP contribution in [0, 0.1) is 0 Å². The summed E-state index contributed by atoms with van der Waals surface area (Å²) >= 11 is 0. The second kappa shape index (κ2) is 6.23. The molecule has 2 heterocycles. The van der Waals surface area contributed by atoms with Gasteiger partial charge in [-0.1, -0.05) is 50.6 Å². The monoisotopic (exact) mass is 321 g/mol. The van der Waals surface area contributed by atoms with Crippen molar-refractivity contribution in [2.45, 2.75) is 45.8 Å². The molecule has 3 nitrogen and oxygen atoms in total. The van der Waals surface area contributed by atoms with E-state index in [4.69, 9.17) is 9.47 Å². The van der Waals surface area contributed by atoms with Gasteiger partial charge in [0, 0.05) is 34.1 Å². The van der Waals surface area contributed by atoms with Gasteiger partial charge in [-0.2, -0.15) is 0 Å². The molecule has 0 bridgehead atoms. The lowest BCUT2D eigenvalue weighted by molar-refractivity contribution is 0.0416. The fourth-order valence-corrected chi connectivity index (χ4v) is 3.52. The summed E-state index contributed by atoms with van der Waals surface area (Å²) in [6, 6.07) is 14.7. The van der Waals surface area contributed by atoms with E-state index in [0.717, 1.165) is 42.7 Å². The van der Waals surface area contributed by atoms with E-state index in [-0.39, 0.29) is 6.29 Å². The molecule has 1 atom stereocenters. The Morgan fingerprint density at radius 3 is 2.67 bits per heavy atom. The third kappa shape index (κ3) is 2.44. The summed E-state index contributed by atoms with van der Waals surface area (Å²) in [6.45, 7) is 4.36. The predicted molar refractivity (Wildman–Crippen MR) is 97.7 cm³/mol. The van der Waals surface area contributed by atoms with Crippen LogP contribution in [0.25, 0.3) is 22.0 Å². The quantitative estimate of drug-likeness (QED) is 0.655. The largest absolute Gasteiger partial charge is 0.451 e. The highest BCUT2D eigenvalue weighted by atomic mass is 16.7. The van der Waals surface area contributed by atoms with Gasteiger partial charge in [0.05, 0.1) is 0 Å². The molecule has 0 radical (unpaired) electrons. The minimum Gasteiger partial charge on any atom is -0.451 e. The van der Waals surface area contributed by atoms with Crippen molar-refractivity contribution in [2.24, 2.45) is 0 Å². The molecule has 3 heteroatoms. The maximum absolute atomic E-state index is 6.15. The fourth-order valence-electron chi connectivity index (χ4n) is 3.52. The molecule has 4 rings (SSSR count). The Kier molecular flexibility index (Phi) is 3.93. The Bertz CT molecular complexity index is 865. The van der Waals surface area contributed by atoms with Gasteiger partial charge in [-0.05, 0) is 25.0 Å². The molecular weight excluding hydrogens is 298 g/mol. The molecule has 1 aromatic heterocycles. The molecule has 0 fully saturated rings. The van der Waals surface area contributed by atoms with Crippen molar-refractivity contribution in [1.82, 2.24) is 4.98 Å². The topological polar surface area (TPSA) is 34.2 Å². The van der Waals surface area contributed by atoms with Crippen molar-refractivity contribution in [2.75, 3.05) is 0 Å². The Hall–Kier alpha value is -2.42. The summed E-state index contributed by atoms with van der Waals surface area (Å²) in [5, 5.41) is 1.25. The van der Waals surface area contributed by atoms with Gasteiger partial charge in [0.15, 0.2) is 11.5 Å². The number of hydrogen-bond acceptors (Lipinski definition) is 2. The van der Waals surface area contributed by atoms with Crippen molar-refractivity contribution < 1.29 is 9.47 Å². The van der Waals surface area contributed by atoms with E-state index >= 15 is 0 Å². The summed E-state index contributed by atoms with van der Waals surface area (Å²) in [5.74, 6) is 1.75. The first-order chi connectivity index (χ1) is 11.8. The number of para-hydroxylation sites is 2. The number of hydrogen-bond donors (Lipinski definition) is 1. The van der Waals surface area contributed by atoms with Gasteiger partial charge >= 0.3 is 0 Å². The van der Waals surface area contributed by atoms with Crippen LogP contribution in [0.4, 0.5) is 0 Å². The Labute approximate surface area is 142 Å². The van der Waals surface area contributed by atoms with Gasteiger partial charge in [-0.15, -0.1) is 0 Å². The molecular formula is C21H23NO2. The first-order valence-corrected chi connectivity index (χ1v) is 8.88. The molecule has 0 amide bonds. The molecule has 3 aromatic rings. The molecule has 0 spiro atoms. The molecule has 0 aliphatic carbocycles. The van der Waals surface area contributed by atoms with E-state index in [9.17, 15) is 0 Å². The highest BCUT2D eigenvalue weighted by Gasteiger charge is 2.28. The SMILES string of the molecule is CCCc1[nH]c2ccccc2c1-c1cccc2c1OC(CCC)O2. The molecule has 0 saturated carbocycles. The maximum Gasteiger partial charge on any atom is 0.241 e. The van der Waals surface area contributed by atoms with Crippen LogP contribution in [-0.2, 0) is 6.42 Å². The smallest absolute Gasteiger partial charge is 0.241 e. The highest BCUT2D eigenvalue weighted by Crippen LogP contribution is 2.46. The first-order valence-electron chi connectivity index (χ1n) is 8.88. The minimum atomic E-state index is -0.161. The lowest BCUT2D eigenvalue weighted by atomic mass is 9.99. The van der Waals surface area contributed by atoms with Gasteiger partial charge in [-0.25, -0.2) is 0 Å². The van der Waals surface area contributed by atoms with Crippen LogP contribution < -0.4 is 9.47 Å². The number of rotatable bonds is 5. The summed E-state index contributed by atoms with van der Waals surface area (Å²) in [6.07, 6.45) is 3.91. The second-order valence-electron chi connectivity index (χ2n) is 6.36. The maximum atomic E-state index is 6.15. The van der Waals surface area contributed by atoms with E-state index in [2.05, 4.69) is 55.2 Å². The van der Waals surface area contributed by atoms with Crippen LogP contribution in [0.1, 0.15) is 38.8 Å². The number of aryl methyl sites for hydroxylation is 1. The van der Waals surface area contributed by atoms with E-state index in [1.165, 1.54) is 22.2 Å². The number of aromatic amines is 1. The normalized spacial score (nSPS) is 16.0. The zero-order chi connectivity index (χ0) is 16.5. The van der Waals surface area contributed by atoms with E-state index < -0.39 is 0 Å². The number of aromatic nitrogens is 1. The van der Waals surface area contributed by atoms with E-state index in [1.54, 1.807) is 0 Å². The van der Waals surface area contributed by atoms with Crippen LogP contribution >= 0.6 is 0 Å². The number of ether oxygens (including phenoxy) is 2. The van der Waals surface area contributed by atoms with Gasteiger partial charge in [0.25, 0.3) is 0 Å². The fraction of sp³-hybridized carbons (Fsp3) is 0.333. The molecule has 1 unspecified atom stereocenters. The lowest BCUT2D eigenvalue weighted by Crippen LogP contribution is -2.17. The second-order valence-corrected chi connectivity index (χ2v) is 6.36. The lowest BCUT2D eigenvalue weighted by Gasteiger charge is -2.10. The predicted octanol–water partition coefficient (Wildman–Crippen LogP) is 5.68. The Morgan fingerprint density at radius 1 is 0.958 bits per heavy atom. The number of fused-ring (bicyclic) bond motifs is 2. The van der Waals surface area contributed by atoms with Crippen molar-refractivity contribution in [3.05, 3.63) is 48.2 Å². The third-order valence-corrected chi connectivity index (χ3v) is 4.56. The third-order valence-electron chi connectivity index (χ3n) is 4.56. The van der Waals surface area contributed by atoms with Gasteiger partial charge in [-0.3, -0.25) is 0 Å². The molecule has 1 N–H and O–H groups in total. The van der Waals surface area contributed by atoms with Crippen LogP contribution in [0.3, 0.4) is 0 Å². The zero-order valence-electron chi connectivity index (χ0n) is 14.3. The summed E-state index contributed by atoms with van der Waals surface area (Å²) in [5.41, 5.74) is 4.84. The van der Waals surface area contributed by atoms with Crippen molar-refractivity contribution >= 4 is 10.9 Å². The van der Waals surface area contributed by atoms with Crippen molar-refractivity contribution in [1.29, 1.82) is 0 Å². The average molecular weight is 321 g/mol. The molecule has 24 heavy (non-hydrogen) atoms. The minimum absolute atomic E-state index is 0.161. The standard InChI is InChI=1S/C21H23NO2/c1-3-8-17-20(14-10-5-6-12-16(14)22-17)15-11-7-13-18-21(15)24-19(23-18)9-4-2/h5-7,10-13,19,22H,3-4,8-9H2,1-2H3. The number of benzene rings is 2. The van der Waals surface area contributed by atoms with E-state index in [1.807, 2.05) is 6.07 Å². The van der Waals surface area contributed by atoms with Crippen molar-refractivity contribution in [3.63, 3.8) is 0 Å². The number of H-pyrrole nitrogens is 1. The van der Waals surface area contributed by atoms with Crippen molar-refractivity contribution in [3.8, 4) is 22.6 Å². The Balaban J connectivity index is 1.88.